The molecule has 1 saturated heterocycles. The summed E-state index contributed by atoms with van der Waals surface area (Å²) in [6.45, 7) is 0.637. The molecule has 0 unspecified atom stereocenters. The molecule has 2 atom stereocenters. The van der Waals surface area contributed by atoms with E-state index in [0.717, 1.165) is 6.42 Å². The fraction of sp³-hybridized carbons (Fsp3) is 0.714. The summed E-state index contributed by atoms with van der Waals surface area (Å²) >= 11 is 0. The van der Waals surface area contributed by atoms with Gasteiger partial charge in [-0.25, -0.2) is 0 Å². The summed E-state index contributed by atoms with van der Waals surface area (Å²) in [7, 11) is 0. The second-order valence-electron chi connectivity index (χ2n) is 3.22. The van der Waals surface area contributed by atoms with E-state index in [1.807, 2.05) is 0 Å². The standard InChI is InChI=1S/C7H9NO3/c9-5-7(6(10)11)3-4(7)1-2-8-5/h4H,1-3H2,(H,8,9)(H,10,11)/t4-,7+/m1/s1. The van der Waals surface area contributed by atoms with Crippen LogP contribution in [-0.2, 0) is 9.59 Å². The number of fused-ring (bicyclic) bond motifs is 1. The third kappa shape index (κ3) is 0.640. The Bertz CT molecular complexity index is 238. The van der Waals surface area contributed by atoms with Crippen LogP contribution in [0.1, 0.15) is 12.8 Å². The normalized spacial score (nSPS) is 40.7. The lowest BCUT2D eigenvalue weighted by molar-refractivity contribution is -0.150. The third-order valence-electron chi connectivity index (χ3n) is 2.67. The molecule has 1 aliphatic heterocycles. The first kappa shape index (κ1) is 6.64. The summed E-state index contributed by atoms with van der Waals surface area (Å²) in [6.07, 6.45) is 1.35. The van der Waals surface area contributed by atoms with Gasteiger partial charge in [0.2, 0.25) is 5.91 Å². The van der Waals surface area contributed by atoms with Gasteiger partial charge in [-0.15, -0.1) is 0 Å². The van der Waals surface area contributed by atoms with Gasteiger partial charge in [-0.05, 0) is 18.8 Å². The van der Waals surface area contributed by atoms with Gasteiger partial charge in [0, 0.05) is 6.54 Å². The summed E-state index contributed by atoms with van der Waals surface area (Å²) < 4.78 is 0. The van der Waals surface area contributed by atoms with E-state index in [2.05, 4.69) is 5.32 Å². The Balaban J connectivity index is 2.27. The van der Waals surface area contributed by atoms with E-state index in [1.165, 1.54) is 0 Å². The SMILES string of the molecule is O=C(O)[C@@]12C[C@H]1CCNC2=O. The number of carboxylic acid groups (broad SMARTS) is 1. The van der Waals surface area contributed by atoms with Crippen LogP contribution in [0.4, 0.5) is 0 Å². The van der Waals surface area contributed by atoms with E-state index in [4.69, 9.17) is 5.11 Å². The maximum absolute atomic E-state index is 11.1. The Labute approximate surface area is 63.6 Å². The smallest absolute Gasteiger partial charge is 0.319 e. The molecule has 4 nitrogen and oxygen atoms in total. The molecule has 2 fully saturated rings. The Hall–Kier alpha value is -1.06. The number of amides is 1. The van der Waals surface area contributed by atoms with Crippen LogP contribution in [0.5, 0.6) is 0 Å². The average Bonchev–Trinajstić information content (AvgIpc) is 2.64. The summed E-state index contributed by atoms with van der Waals surface area (Å²) in [6, 6.07) is 0. The van der Waals surface area contributed by atoms with E-state index < -0.39 is 11.4 Å². The fourth-order valence-corrected chi connectivity index (χ4v) is 1.83. The van der Waals surface area contributed by atoms with Gasteiger partial charge in [0.25, 0.3) is 0 Å². The van der Waals surface area contributed by atoms with Gasteiger partial charge in [0.05, 0.1) is 0 Å². The van der Waals surface area contributed by atoms with Crippen LogP contribution >= 0.6 is 0 Å². The topological polar surface area (TPSA) is 66.4 Å². The molecular weight excluding hydrogens is 146 g/mol. The van der Waals surface area contributed by atoms with Crippen LogP contribution in [0.15, 0.2) is 0 Å². The van der Waals surface area contributed by atoms with Gasteiger partial charge in [-0.1, -0.05) is 0 Å². The maximum atomic E-state index is 11.1. The van der Waals surface area contributed by atoms with Crippen molar-refractivity contribution in [1.29, 1.82) is 0 Å². The lowest BCUT2D eigenvalue weighted by atomic mass is 9.98. The van der Waals surface area contributed by atoms with Crippen LogP contribution < -0.4 is 5.32 Å². The molecular formula is C7H9NO3. The first-order valence-corrected chi connectivity index (χ1v) is 3.69. The molecule has 11 heavy (non-hydrogen) atoms. The number of nitrogens with one attached hydrogen (secondary N) is 1. The molecule has 0 bridgehead atoms. The highest BCUT2D eigenvalue weighted by Crippen LogP contribution is 2.56. The lowest BCUT2D eigenvalue weighted by Crippen LogP contribution is -2.42. The monoisotopic (exact) mass is 155 g/mol. The minimum Gasteiger partial charge on any atom is -0.480 e. The summed E-state index contributed by atoms with van der Waals surface area (Å²) in [4.78, 5) is 21.8. The second-order valence-corrected chi connectivity index (χ2v) is 3.22. The van der Waals surface area contributed by atoms with Gasteiger partial charge < -0.3 is 10.4 Å². The van der Waals surface area contributed by atoms with Crippen molar-refractivity contribution in [2.75, 3.05) is 6.54 Å². The Morgan fingerprint density at radius 1 is 1.73 bits per heavy atom. The van der Waals surface area contributed by atoms with Gasteiger partial charge >= 0.3 is 5.97 Å². The van der Waals surface area contributed by atoms with Crippen molar-refractivity contribution in [1.82, 2.24) is 5.32 Å². The van der Waals surface area contributed by atoms with Crippen LogP contribution in [0.2, 0.25) is 0 Å². The van der Waals surface area contributed by atoms with Gasteiger partial charge in [0.15, 0.2) is 0 Å². The number of rotatable bonds is 1. The molecule has 1 aliphatic carbocycles. The first-order chi connectivity index (χ1) is 5.18. The number of carboxylic acids is 1. The molecule has 0 spiro atoms. The third-order valence-corrected chi connectivity index (χ3v) is 2.67. The largest absolute Gasteiger partial charge is 0.480 e. The van der Waals surface area contributed by atoms with Crippen molar-refractivity contribution in [2.45, 2.75) is 12.8 Å². The highest BCUT2D eigenvalue weighted by molar-refractivity contribution is 6.06. The number of carbonyl (C=O) groups is 2. The molecule has 0 aromatic rings. The van der Waals surface area contributed by atoms with Crippen LogP contribution in [0, 0.1) is 11.3 Å². The van der Waals surface area contributed by atoms with E-state index in [-0.39, 0.29) is 11.8 Å². The molecule has 2 rings (SSSR count). The van der Waals surface area contributed by atoms with E-state index in [9.17, 15) is 9.59 Å². The minimum atomic E-state index is -1.03. The van der Waals surface area contributed by atoms with Crippen LogP contribution in [-0.4, -0.2) is 23.5 Å². The van der Waals surface area contributed by atoms with Crippen molar-refractivity contribution in [3.05, 3.63) is 0 Å². The Morgan fingerprint density at radius 2 is 2.45 bits per heavy atom. The summed E-state index contributed by atoms with van der Waals surface area (Å²) in [5.41, 5.74) is -1.03. The summed E-state index contributed by atoms with van der Waals surface area (Å²) in [5.74, 6) is -1.14. The van der Waals surface area contributed by atoms with E-state index in [1.54, 1.807) is 0 Å². The molecule has 1 amide bonds. The Kier molecular flexibility index (Phi) is 1.06. The van der Waals surface area contributed by atoms with Crippen molar-refractivity contribution in [3.63, 3.8) is 0 Å². The lowest BCUT2D eigenvalue weighted by Gasteiger charge is -2.17. The highest BCUT2D eigenvalue weighted by atomic mass is 16.4. The molecule has 0 aromatic carbocycles. The predicted octanol–water partition coefficient (Wildman–Crippen LogP) is -0.403. The quantitative estimate of drug-likeness (QED) is 0.506. The van der Waals surface area contributed by atoms with Gasteiger partial charge in [-0.3, -0.25) is 9.59 Å². The van der Waals surface area contributed by atoms with Gasteiger partial charge in [-0.2, -0.15) is 0 Å². The fourth-order valence-electron chi connectivity index (χ4n) is 1.83. The van der Waals surface area contributed by atoms with Gasteiger partial charge in [0.1, 0.15) is 5.41 Å². The van der Waals surface area contributed by atoms with Crippen LogP contribution in [0.3, 0.4) is 0 Å². The molecule has 0 aromatic heterocycles. The van der Waals surface area contributed by atoms with Crippen LogP contribution in [0.25, 0.3) is 0 Å². The predicted molar refractivity (Wildman–Crippen MR) is 35.8 cm³/mol. The molecule has 1 saturated carbocycles. The number of carbonyl (C=O) groups excluding carboxylic acids is 1. The zero-order valence-electron chi connectivity index (χ0n) is 5.96. The average molecular weight is 155 g/mol. The van der Waals surface area contributed by atoms with E-state index in [0.29, 0.717) is 13.0 Å². The van der Waals surface area contributed by atoms with Crippen molar-refractivity contribution in [2.24, 2.45) is 11.3 Å². The van der Waals surface area contributed by atoms with Crippen molar-refractivity contribution >= 4 is 11.9 Å². The van der Waals surface area contributed by atoms with Crippen molar-refractivity contribution < 1.29 is 14.7 Å². The number of piperidine rings is 1. The minimum absolute atomic E-state index is 0.105. The maximum Gasteiger partial charge on any atom is 0.319 e. The zero-order valence-corrected chi connectivity index (χ0v) is 5.96. The molecule has 1 heterocycles. The number of aliphatic carboxylic acids is 1. The first-order valence-electron chi connectivity index (χ1n) is 3.69. The Morgan fingerprint density at radius 3 is 2.91 bits per heavy atom. The second kappa shape index (κ2) is 1.75. The molecule has 4 heteroatoms. The number of hydrogen-bond donors (Lipinski definition) is 2. The number of hydrogen-bond acceptors (Lipinski definition) is 2. The van der Waals surface area contributed by atoms with E-state index >= 15 is 0 Å². The van der Waals surface area contributed by atoms with Crippen molar-refractivity contribution in [3.8, 4) is 0 Å². The molecule has 60 valence electrons. The molecule has 2 aliphatic rings. The molecule has 2 N–H and O–H groups in total. The highest BCUT2D eigenvalue weighted by Gasteiger charge is 2.67. The molecule has 0 radical (unpaired) electrons. The zero-order chi connectivity index (χ0) is 8.06. The summed E-state index contributed by atoms with van der Waals surface area (Å²) in [5, 5.41) is 11.3.